The van der Waals surface area contributed by atoms with Gasteiger partial charge in [-0.05, 0) is 43.5 Å². The Morgan fingerprint density at radius 1 is 1.04 bits per heavy atom. The lowest BCUT2D eigenvalue weighted by molar-refractivity contribution is 0.626. The summed E-state index contributed by atoms with van der Waals surface area (Å²) in [4.78, 5) is 4.08. The van der Waals surface area contributed by atoms with Crippen LogP contribution in [0.25, 0.3) is 11.4 Å². The fraction of sp³-hybridized carbons (Fsp3) is 0.316. The molecular weight excluding hydrogens is 316 g/mol. The van der Waals surface area contributed by atoms with Gasteiger partial charge in [-0.2, -0.15) is 0 Å². The predicted molar refractivity (Wildman–Crippen MR) is 99.0 cm³/mol. The summed E-state index contributed by atoms with van der Waals surface area (Å²) in [6.07, 6.45) is 4.64. The number of hydrogen-bond donors (Lipinski definition) is 0. The van der Waals surface area contributed by atoms with Crippen LogP contribution in [0.4, 0.5) is 0 Å². The van der Waals surface area contributed by atoms with Gasteiger partial charge in [-0.25, -0.2) is 0 Å². The molecule has 0 bridgehead atoms. The van der Waals surface area contributed by atoms with Crippen molar-refractivity contribution < 1.29 is 0 Å². The largest absolute Gasteiger partial charge is 0.302 e. The lowest BCUT2D eigenvalue weighted by Crippen LogP contribution is -2.02. The van der Waals surface area contributed by atoms with Crippen molar-refractivity contribution in [2.24, 2.45) is 0 Å². The number of thioether (sulfide) groups is 1. The third kappa shape index (κ3) is 3.67. The van der Waals surface area contributed by atoms with Gasteiger partial charge in [-0.3, -0.25) is 4.98 Å². The predicted octanol–water partition coefficient (Wildman–Crippen LogP) is 4.66. The molecule has 0 spiro atoms. The van der Waals surface area contributed by atoms with E-state index in [4.69, 9.17) is 0 Å². The van der Waals surface area contributed by atoms with Crippen molar-refractivity contribution >= 4 is 11.8 Å². The van der Waals surface area contributed by atoms with Crippen LogP contribution in [0.2, 0.25) is 0 Å². The monoisotopic (exact) mass is 338 g/mol. The maximum absolute atomic E-state index is 4.43. The van der Waals surface area contributed by atoms with Crippen molar-refractivity contribution in [2.45, 2.75) is 44.6 Å². The van der Waals surface area contributed by atoms with E-state index in [2.05, 4.69) is 58.7 Å². The van der Waals surface area contributed by atoms with E-state index in [9.17, 15) is 0 Å². The van der Waals surface area contributed by atoms with E-state index in [0.29, 0.717) is 0 Å². The van der Waals surface area contributed by atoms with Crippen LogP contribution in [0.5, 0.6) is 0 Å². The van der Waals surface area contributed by atoms with E-state index in [1.165, 1.54) is 16.7 Å². The summed E-state index contributed by atoms with van der Waals surface area (Å²) in [6.45, 7) is 7.39. The summed E-state index contributed by atoms with van der Waals surface area (Å²) in [7, 11) is 0. The Labute approximate surface area is 147 Å². The SMILES string of the molecule is CCCn1c(SCc2cc(C)ccc2C)nnc1-c1ccncc1. The Morgan fingerprint density at radius 2 is 1.83 bits per heavy atom. The zero-order valence-electron chi connectivity index (χ0n) is 14.4. The summed E-state index contributed by atoms with van der Waals surface area (Å²) >= 11 is 1.75. The summed E-state index contributed by atoms with van der Waals surface area (Å²) in [6, 6.07) is 10.6. The fourth-order valence-electron chi connectivity index (χ4n) is 2.63. The number of aryl methyl sites for hydroxylation is 2. The number of nitrogens with zero attached hydrogens (tertiary/aromatic N) is 4. The van der Waals surface area contributed by atoms with Gasteiger partial charge in [0.1, 0.15) is 0 Å². The second-order valence-corrected chi connectivity index (χ2v) is 6.85. The first kappa shape index (κ1) is 16.7. The Balaban J connectivity index is 1.86. The molecule has 124 valence electrons. The first-order chi connectivity index (χ1) is 11.7. The van der Waals surface area contributed by atoms with E-state index in [1.54, 1.807) is 24.2 Å². The highest BCUT2D eigenvalue weighted by atomic mass is 32.2. The van der Waals surface area contributed by atoms with Gasteiger partial charge >= 0.3 is 0 Å². The number of pyridine rings is 1. The minimum absolute atomic E-state index is 0.908. The Hall–Kier alpha value is -2.14. The van der Waals surface area contributed by atoms with E-state index in [0.717, 1.165) is 35.3 Å². The highest BCUT2D eigenvalue weighted by Crippen LogP contribution is 2.27. The van der Waals surface area contributed by atoms with Gasteiger partial charge in [0.05, 0.1) is 0 Å². The molecule has 0 unspecified atom stereocenters. The van der Waals surface area contributed by atoms with Gasteiger partial charge in [0.25, 0.3) is 0 Å². The molecule has 2 aromatic heterocycles. The van der Waals surface area contributed by atoms with Gasteiger partial charge in [-0.1, -0.05) is 42.4 Å². The normalized spacial score (nSPS) is 11.0. The topological polar surface area (TPSA) is 43.6 Å². The van der Waals surface area contributed by atoms with Crippen LogP contribution >= 0.6 is 11.8 Å². The van der Waals surface area contributed by atoms with E-state index in [1.807, 2.05) is 12.1 Å². The Morgan fingerprint density at radius 3 is 2.58 bits per heavy atom. The molecule has 3 rings (SSSR count). The fourth-order valence-corrected chi connectivity index (χ4v) is 3.66. The minimum atomic E-state index is 0.908. The molecule has 2 heterocycles. The Kier molecular flexibility index (Phi) is 5.30. The second-order valence-electron chi connectivity index (χ2n) is 5.91. The highest BCUT2D eigenvalue weighted by molar-refractivity contribution is 7.98. The maximum Gasteiger partial charge on any atom is 0.191 e. The molecule has 3 aromatic rings. The summed E-state index contributed by atoms with van der Waals surface area (Å²) in [5.41, 5.74) is 5.04. The molecule has 24 heavy (non-hydrogen) atoms. The van der Waals surface area contributed by atoms with Crippen LogP contribution in [0, 0.1) is 13.8 Å². The maximum atomic E-state index is 4.43. The first-order valence-electron chi connectivity index (χ1n) is 8.21. The van der Waals surface area contributed by atoms with Crippen molar-refractivity contribution in [1.29, 1.82) is 0 Å². The minimum Gasteiger partial charge on any atom is -0.302 e. The molecule has 0 amide bonds. The van der Waals surface area contributed by atoms with Crippen molar-refractivity contribution in [1.82, 2.24) is 19.7 Å². The third-order valence-electron chi connectivity index (χ3n) is 3.96. The molecule has 0 radical (unpaired) electrons. The van der Waals surface area contributed by atoms with Gasteiger partial charge in [0.2, 0.25) is 0 Å². The molecule has 0 fully saturated rings. The van der Waals surface area contributed by atoms with Crippen LogP contribution in [0.15, 0.2) is 47.9 Å². The van der Waals surface area contributed by atoms with Crippen molar-refractivity contribution in [3.05, 3.63) is 59.4 Å². The number of aromatic nitrogens is 4. The third-order valence-corrected chi connectivity index (χ3v) is 4.98. The van der Waals surface area contributed by atoms with Crippen molar-refractivity contribution in [3.8, 4) is 11.4 Å². The van der Waals surface area contributed by atoms with Gasteiger partial charge in [-0.15, -0.1) is 10.2 Å². The zero-order valence-corrected chi connectivity index (χ0v) is 15.2. The first-order valence-corrected chi connectivity index (χ1v) is 9.20. The quantitative estimate of drug-likeness (QED) is 0.613. The van der Waals surface area contributed by atoms with E-state index >= 15 is 0 Å². The van der Waals surface area contributed by atoms with Gasteiger partial charge in [0.15, 0.2) is 11.0 Å². The van der Waals surface area contributed by atoms with Gasteiger partial charge in [0, 0.05) is 30.3 Å². The average Bonchev–Trinajstić information content (AvgIpc) is 3.00. The van der Waals surface area contributed by atoms with Crippen LogP contribution in [-0.2, 0) is 12.3 Å². The van der Waals surface area contributed by atoms with Crippen LogP contribution in [0.1, 0.15) is 30.0 Å². The highest BCUT2D eigenvalue weighted by Gasteiger charge is 2.14. The smallest absolute Gasteiger partial charge is 0.191 e. The van der Waals surface area contributed by atoms with Crippen molar-refractivity contribution in [3.63, 3.8) is 0 Å². The molecule has 0 saturated heterocycles. The summed E-state index contributed by atoms with van der Waals surface area (Å²) in [5, 5.41) is 9.83. The molecule has 0 N–H and O–H groups in total. The van der Waals surface area contributed by atoms with Crippen LogP contribution < -0.4 is 0 Å². The number of benzene rings is 1. The van der Waals surface area contributed by atoms with Crippen LogP contribution in [-0.4, -0.2) is 19.7 Å². The lowest BCUT2D eigenvalue weighted by Gasteiger charge is -2.10. The molecule has 4 nitrogen and oxygen atoms in total. The van der Waals surface area contributed by atoms with Crippen LogP contribution in [0.3, 0.4) is 0 Å². The van der Waals surface area contributed by atoms with E-state index < -0.39 is 0 Å². The number of rotatable bonds is 6. The Bertz CT molecular complexity index is 811. The summed E-state index contributed by atoms with van der Waals surface area (Å²) < 4.78 is 2.21. The molecule has 5 heteroatoms. The molecule has 0 atom stereocenters. The lowest BCUT2D eigenvalue weighted by atomic mass is 10.1. The number of hydrogen-bond acceptors (Lipinski definition) is 4. The molecule has 0 aliphatic carbocycles. The standard InChI is InChI=1S/C19H22N4S/c1-4-11-23-18(16-7-9-20-10-8-16)21-22-19(23)24-13-17-12-14(2)5-6-15(17)3/h5-10,12H,4,11,13H2,1-3H3. The van der Waals surface area contributed by atoms with E-state index in [-0.39, 0.29) is 0 Å². The van der Waals surface area contributed by atoms with Crippen molar-refractivity contribution in [2.75, 3.05) is 0 Å². The van der Waals surface area contributed by atoms with Gasteiger partial charge < -0.3 is 4.57 Å². The summed E-state index contributed by atoms with van der Waals surface area (Å²) in [5.74, 6) is 1.83. The molecule has 1 aromatic carbocycles. The second kappa shape index (κ2) is 7.62. The molecular formula is C19H22N4S. The molecule has 0 saturated carbocycles. The average molecular weight is 338 g/mol. The zero-order chi connectivity index (χ0) is 16.9. The molecule has 0 aliphatic rings. The molecule has 0 aliphatic heterocycles.